The van der Waals surface area contributed by atoms with Gasteiger partial charge in [-0.3, -0.25) is 9.88 Å². The van der Waals surface area contributed by atoms with E-state index in [1.807, 2.05) is 24.4 Å². The molecule has 8 heteroatoms. The van der Waals surface area contributed by atoms with Crippen molar-refractivity contribution in [3.63, 3.8) is 0 Å². The predicted octanol–water partition coefficient (Wildman–Crippen LogP) is 3.84. The van der Waals surface area contributed by atoms with Crippen LogP contribution in [0.4, 0.5) is 22.0 Å². The number of nitrogens with one attached hydrogen (secondary N) is 2. The van der Waals surface area contributed by atoms with Gasteiger partial charge in [0.2, 0.25) is 0 Å². The highest BCUT2D eigenvalue weighted by Crippen LogP contribution is 2.18. The lowest BCUT2D eigenvalue weighted by Crippen LogP contribution is -2.31. The van der Waals surface area contributed by atoms with Gasteiger partial charge in [-0.15, -0.1) is 0 Å². The quantitative estimate of drug-likeness (QED) is 0.616. The summed E-state index contributed by atoms with van der Waals surface area (Å²) in [4.78, 5) is 25.8. The normalized spacial score (nSPS) is 14.5. The molecule has 0 radical (unpaired) electrons. The van der Waals surface area contributed by atoms with Crippen molar-refractivity contribution in [1.82, 2.24) is 14.9 Å². The van der Waals surface area contributed by atoms with E-state index < -0.39 is 0 Å². The molecule has 166 valence electrons. The standard InChI is InChI=1S/C24H28N6O2/c1-32-22-8-5-20(6-9-22)27-24(31)28-21-7-10-23(26-17-21)30-13-3-12-29(14-15-30)18-19-4-2-11-25-16-19/h2,4-11,16-17H,3,12-15,18H2,1H3,(H2,27,28,31). The first-order valence-corrected chi connectivity index (χ1v) is 10.7. The monoisotopic (exact) mass is 432 g/mol. The Labute approximate surface area is 188 Å². The molecule has 1 fully saturated rings. The van der Waals surface area contributed by atoms with E-state index in [-0.39, 0.29) is 6.03 Å². The minimum Gasteiger partial charge on any atom is -0.497 e. The summed E-state index contributed by atoms with van der Waals surface area (Å²) < 4.78 is 5.13. The van der Waals surface area contributed by atoms with Gasteiger partial charge in [0.15, 0.2) is 0 Å². The summed E-state index contributed by atoms with van der Waals surface area (Å²) in [6.07, 6.45) is 6.51. The van der Waals surface area contributed by atoms with Gasteiger partial charge in [0.25, 0.3) is 0 Å². The van der Waals surface area contributed by atoms with Crippen LogP contribution in [0.3, 0.4) is 0 Å². The number of amides is 2. The van der Waals surface area contributed by atoms with Crippen molar-refractivity contribution in [2.75, 3.05) is 48.8 Å². The minimum absolute atomic E-state index is 0.314. The van der Waals surface area contributed by atoms with Crippen molar-refractivity contribution in [2.24, 2.45) is 0 Å². The van der Waals surface area contributed by atoms with Gasteiger partial charge in [-0.25, -0.2) is 9.78 Å². The van der Waals surface area contributed by atoms with Gasteiger partial charge in [0.1, 0.15) is 11.6 Å². The number of methoxy groups -OCH3 is 1. The second-order valence-electron chi connectivity index (χ2n) is 7.69. The number of pyridine rings is 2. The van der Waals surface area contributed by atoms with Crippen LogP contribution in [0, 0.1) is 0 Å². The number of nitrogens with zero attached hydrogens (tertiary/aromatic N) is 4. The minimum atomic E-state index is -0.314. The Morgan fingerprint density at radius 2 is 1.78 bits per heavy atom. The zero-order valence-corrected chi connectivity index (χ0v) is 18.2. The van der Waals surface area contributed by atoms with E-state index in [1.165, 1.54) is 5.56 Å². The summed E-state index contributed by atoms with van der Waals surface area (Å²) in [7, 11) is 1.61. The number of carbonyl (C=O) groups excluding carboxylic acids is 1. The second kappa shape index (κ2) is 10.6. The number of benzene rings is 1. The SMILES string of the molecule is COc1ccc(NC(=O)Nc2ccc(N3CCCN(Cc4cccnc4)CC3)nc2)cc1. The van der Waals surface area contributed by atoms with E-state index in [0.29, 0.717) is 11.4 Å². The molecule has 1 aliphatic heterocycles. The topological polar surface area (TPSA) is 82.6 Å². The first-order valence-electron chi connectivity index (χ1n) is 10.7. The van der Waals surface area contributed by atoms with Crippen molar-refractivity contribution in [3.8, 4) is 5.75 Å². The predicted molar refractivity (Wildman–Crippen MR) is 126 cm³/mol. The fraction of sp³-hybridized carbons (Fsp3) is 0.292. The highest BCUT2D eigenvalue weighted by atomic mass is 16.5. The number of carbonyl (C=O) groups is 1. The van der Waals surface area contributed by atoms with Gasteiger partial charge in [-0.2, -0.15) is 0 Å². The third kappa shape index (κ3) is 5.95. The third-order valence-corrected chi connectivity index (χ3v) is 5.40. The molecule has 2 aromatic heterocycles. The van der Waals surface area contributed by atoms with Crippen molar-refractivity contribution >= 4 is 23.2 Å². The lowest BCUT2D eigenvalue weighted by molar-refractivity contribution is 0.262. The van der Waals surface area contributed by atoms with E-state index in [9.17, 15) is 4.79 Å². The Bertz CT molecular complexity index is 995. The van der Waals surface area contributed by atoms with Crippen LogP contribution in [-0.4, -0.2) is 54.2 Å². The smallest absolute Gasteiger partial charge is 0.323 e. The molecular formula is C24H28N6O2. The summed E-state index contributed by atoms with van der Waals surface area (Å²) in [6.45, 7) is 4.82. The number of anilines is 3. The first-order chi connectivity index (χ1) is 15.7. The Hall–Kier alpha value is -3.65. The van der Waals surface area contributed by atoms with Crippen LogP contribution in [0.1, 0.15) is 12.0 Å². The van der Waals surface area contributed by atoms with Crippen molar-refractivity contribution in [3.05, 3.63) is 72.7 Å². The molecule has 0 saturated carbocycles. The molecule has 0 spiro atoms. The van der Waals surface area contributed by atoms with Gasteiger partial charge >= 0.3 is 6.03 Å². The van der Waals surface area contributed by atoms with E-state index in [4.69, 9.17) is 4.74 Å². The molecule has 3 aromatic rings. The summed E-state index contributed by atoms with van der Waals surface area (Å²) >= 11 is 0. The van der Waals surface area contributed by atoms with Crippen LogP contribution in [0.2, 0.25) is 0 Å². The maximum absolute atomic E-state index is 12.3. The Morgan fingerprint density at radius 1 is 0.969 bits per heavy atom. The van der Waals surface area contributed by atoms with E-state index in [1.54, 1.807) is 43.8 Å². The average Bonchev–Trinajstić information content (AvgIpc) is 3.06. The number of aromatic nitrogens is 2. The van der Waals surface area contributed by atoms with Gasteiger partial charge in [0, 0.05) is 50.8 Å². The van der Waals surface area contributed by atoms with Crippen LogP contribution in [0.25, 0.3) is 0 Å². The van der Waals surface area contributed by atoms with Crippen molar-refractivity contribution < 1.29 is 9.53 Å². The fourth-order valence-electron chi connectivity index (χ4n) is 3.72. The Morgan fingerprint density at radius 3 is 2.50 bits per heavy atom. The third-order valence-electron chi connectivity index (χ3n) is 5.40. The lowest BCUT2D eigenvalue weighted by Gasteiger charge is -2.23. The zero-order valence-electron chi connectivity index (χ0n) is 18.2. The van der Waals surface area contributed by atoms with E-state index in [2.05, 4.69) is 36.5 Å². The van der Waals surface area contributed by atoms with E-state index >= 15 is 0 Å². The van der Waals surface area contributed by atoms with Gasteiger partial charge < -0.3 is 20.3 Å². The zero-order chi connectivity index (χ0) is 22.2. The summed E-state index contributed by atoms with van der Waals surface area (Å²) in [5.74, 6) is 1.67. The number of hydrogen-bond acceptors (Lipinski definition) is 6. The molecule has 8 nitrogen and oxygen atoms in total. The molecule has 32 heavy (non-hydrogen) atoms. The molecule has 1 aromatic carbocycles. The highest BCUT2D eigenvalue weighted by molar-refractivity contribution is 5.99. The number of urea groups is 1. The molecule has 2 N–H and O–H groups in total. The first kappa shape index (κ1) is 21.6. The Balaban J connectivity index is 1.28. The van der Waals surface area contributed by atoms with Crippen molar-refractivity contribution in [1.29, 1.82) is 0 Å². The number of hydrogen-bond donors (Lipinski definition) is 2. The molecule has 1 saturated heterocycles. The largest absolute Gasteiger partial charge is 0.497 e. The molecule has 1 aliphatic rings. The number of ether oxygens (including phenoxy) is 1. The van der Waals surface area contributed by atoms with Crippen LogP contribution in [0.5, 0.6) is 5.75 Å². The fourth-order valence-corrected chi connectivity index (χ4v) is 3.72. The molecule has 0 aliphatic carbocycles. The van der Waals surface area contributed by atoms with Crippen molar-refractivity contribution in [2.45, 2.75) is 13.0 Å². The van der Waals surface area contributed by atoms with Crippen LogP contribution in [0.15, 0.2) is 67.1 Å². The average molecular weight is 433 g/mol. The molecule has 0 bridgehead atoms. The maximum atomic E-state index is 12.3. The number of rotatable bonds is 6. The van der Waals surface area contributed by atoms with Gasteiger partial charge in [-0.1, -0.05) is 6.07 Å². The van der Waals surface area contributed by atoms with E-state index in [0.717, 1.165) is 50.7 Å². The summed E-state index contributed by atoms with van der Waals surface area (Å²) in [5.41, 5.74) is 2.57. The van der Waals surface area contributed by atoms with Crippen LogP contribution < -0.4 is 20.3 Å². The molecule has 0 atom stereocenters. The van der Waals surface area contributed by atoms with Crippen LogP contribution in [-0.2, 0) is 6.54 Å². The molecular weight excluding hydrogens is 404 g/mol. The highest BCUT2D eigenvalue weighted by Gasteiger charge is 2.16. The second-order valence-corrected chi connectivity index (χ2v) is 7.69. The van der Waals surface area contributed by atoms with Gasteiger partial charge in [0.05, 0.1) is 19.0 Å². The molecule has 3 heterocycles. The molecule has 4 rings (SSSR count). The summed E-state index contributed by atoms with van der Waals surface area (Å²) in [6, 6.07) is 14.8. The molecule has 0 unspecified atom stereocenters. The summed E-state index contributed by atoms with van der Waals surface area (Å²) in [5, 5.41) is 5.62. The van der Waals surface area contributed by atoms with Crippen LogP contribution >= 0.6 is 0 Å². The lowest BCUT2D eigenvalue weighted by atomic mass is 10.2. The molecule has 2 amide bonds. The van der Waals surface area contributed by atoms with Gasteiger partial charge in [-0.05, 0) is 54.4 Å². The Kier molecular flexibility index (Phi) is 7.14. The maximum Gasteiger partial charge on any atom is 0.323 e.